The standard InChI is InChI=1S/C20H13N3O3S/c24-19(23-14-4-5-15-12(8-14)2-1-7-21-15)18-10-22-20(27-18)13-3-6-16-17(9-13)26-11-25-16/h1-10H,11H2,(H,23,24). The maximum Gasteiger partial charge on any atom is 0.267 e. The van der Waals surface area contributed by atoms with E-state index in [1.807, 2.05) is 48.5 Å². The fourth-order valence-electron chi connectivity index (χ4n) is 2.89. The maximum absolute atomic E-state index is 12.6. The maximum atomic E-state index is 12.6. The summed E-state index contributed by atoms with van der Waals surface area (Å²) in [7, 11) is 0. The molecule has 0 spiro atoms. The van der Waals surface area contributed by atoms with Crippen LogP contribution in [0.25, 0.3) is 21.5 Å². The van der Waals surface area contributed by atoms with E-state index in [1.165, 1.54) is 11.3 Å². The summed E-state index contributed by atoms with van der Waals surface area (Å²) in [4.78, 5) is 21.8. The molecule has 3 heterocycles. The molecule has 0 bridgehead atoms. The van der Waals surface area contributed by atoms with Crippen molar-refractivity contribution >= 4 is 33.8 Å². The smallest absolute Gasteiger partial charge is 0.267 e. The number of anilines is 1. The average Bonchev–Trinajstić information content (AvgIpc) is 3.37. The van der Waals surface area contributed by atoms with Crippen LogP contribution in [-0.4, -0.2) is 22.7 Å². The summed E-state index contributed by atoms with van der Waals surface area (Å²) in [6.45, 7) is 0.228. The molecule has 7 heteroatoms. The van der Waals surface area contributed by atoms with Gasteiger partial charge in [0.15, 0.2) is 11.5 Å². The SMILES string of the molecule is O=C(Nc1ccc2ncccc2c1)c1cnc(-c2ccc3c(c2)OCO3)s1. The third kappa shape index (κ3) is 2.98. The lowest BCUT2D eigenvalue weighted by Crippen LogP contribution is -2.09. The van der Waals surface area contributed by atoms with Gasteiger partial charge in [-0.15, -0.1) is 11.3 Å². The van der Waals surface area contributed by atoms with Crippen LogP contribution in [-0.2, 0) is 0 Å². The number of hydrogen-bond donors (Lipinski definition) is 1. The Morgan fingerprint density at radius 1 is 1.04 bits per heavy atom. The van der Waals surface area contributed by atoms with Gasteiger partial charge >= 0.3 is 0 Å². The number of amides is 1. The largest absolute Gasteiger partial charge is 0.454 e. The van der Waals surface area contributed by atoms with Gasteiger partial charge < -0.3 is 14.8 Å². The van der Waals surface area contributed by atoms with Crippen molar-refractivity contribution < 1.29 is 14.3 Å². The average molecular weight is 375 g/mol. The van der Waals surface area contributed by atoms with Crippen molar-refractivity contribution in [1.82, 2.24) is 9.97 Å². The molecular formula is C20H13N3O3S. The highest BCUT2D eigenvalue weighted by atomic mass is 32.1. The lowest BCUT2D eigenvalue weighted by atomic mass is 10.2. The molecule has 1 aliphatic rings. The van der Waals surface area contributed by atoms with Crippen molar-refractivity contribution in [2.45, 2.75) is 0 Å². The number of aromatic nitrogens is 2. The topological polar surface area (TPSA) is 73.3 Å². The number of thiazole rings is 1. The first kappa shape index (κ1) is 15.8. The minimum Gasteiger partial charge on any atom is -0.454 e. The molecule has 0 radical (unpaired) electrons. The molecule has 0 saturated heterocycles. The molecule has 4 aromatic rings. The lowest BCUT2D eigenvalue weighted by molar-refractivity contribution is 0.103. The van der Waals surface area contributed by atoms with Gasteiger partial charge in [0.05, 0.1) is 11.7 Å². The van der Waals surface area contributed by atoms with E-state index < -0.39 is 0 Å². The van der Waals surface area contributed by atoms with Crippen LogP contribution in [0, 0.1) is 0 Å². The summed E-state index contributed by atoms with van der Waals surface area (Å²) < 4.78 is 10.7. The monoisotopic (exact) mass is 375 g/mol. The Kier molecular flexibility index (Phi) is 3.72. The van der Waals surface area contributed by atoms with Gasteiger partial charge in [-0.1, -0.05) is 6.07 Å². The highest BCUT2D eigenvalue weighted by molar-refractivity contribution is 7.17. The van der Waals surface area contributed by atoms with E-state index in [9.17, 15) is 4.79 Å². The van der Waals surface area contributed by atoms with E-state index in [0.717, 1.165) is 32.9 Å². The van der Waals surface area contributed by atoms with E-state index in [2.05, 4.69) is 15.3 Å². The zero-order valence-electron chi connectivity index (χ0n) is 14.0. The number of hydrogen-bond acceptors (Lipinski definition) is 6. The Morgan fingerprint density at radius 3 is 2.93 bits per heavy atom. The number of carbonyl (C=O) groups is 1. The molecule has 0 atom stereocenters. The Bertz CT molecular complexity index is 1170. The molecule has 27 heavy (non-hydrogen) atoms. The molecule has 132 valence electrons. The van der Waals surface area contributed by atoms with Gasteiger partial charge in [-0.25, -0.2) is 4.98 Å². The van der Waals surface area contributed by atoms with Crippen molar-refractivity contribution in [3.8, 4) is 22.1 Å². The molecule has 0 unspecified atom stereocenters. The van der Waals surface area contributed by atoms with Crippen LogP contribution in [0.15, 0.2) is 60.9 Å². The molecule has 6 nitrogen and oxygen atoms in total. The van der Waals surface area contributed by atoms with E-state index in [0.29, 0.717) is 10.6 Å². The minimum absolute atomic E-state index is 0.192. The van der Waals surface area contributed by atoms with Gasteiger partial charge in [-0.3, -0.25) is 9.78 Å². The predicted octanol–water partition coefficient (Wildman–Crippen LogP) is 4.34. The summed E-state index contributed by atoms with van der Waals surface area (Å²) in [5, 5.41) is 4.64. The molecule has 0 saturated carbocycles. The molecule has 1 amide bonds. The quantitative estimate of drug-likeness (QED) is 0.577. The van der Waals surface area contributed by atoms with Crippen LogP contribution in [0.5, 0.6) is 11.5 Å². The first-order valence-corrected chi connectivity index (χ1v) is 9.10. The third-order valence-corrected chi connectivity index (χ3v) is 5.26. The molecule has 0 fully saturated rings. The zero-order valence-corrected chi connectivity index (χ0v) is 14.8. The number of rotatable bonds is 3. The number of pyridine rings is 1. The van der Waals surface area contributed by atoms with Crippen molar-refractivity contribution in [1.29, 1.82) is 0 Å². The normalized spacial score (nSPS) is 12.3. The van der Waals surface area contributed by atoms with Gasteiger partial charge in [0, 0.05) is 22.8 Å². The molecule has 2 aromatic heterocycles. The van der Waals surface area contributed by atoms with Crippen molar-refractivity contribution in [3.05, 3.63) is 65.8 Å². The van der Waals surface area contributed by atoms with Crippen molar-refractivity contribution in [2.24, 2.45) is 0 Å². The number of fused-ring (bicyclic) bond motifs is 2. The van der Waals surface area contributed by atoms with Gasteiger partial charge in [0.1, 0.15) is 9.88 Å². The number of nitrogens with one attached hydrogen (secondary N) is 1. The Labute approximate surface area is 158 Å². The predicted molar refractivity (Wildman–Crippen MR) is 103 cm³/mol. The second kappa shape index (κ2) is 6.37. The van der Waals surface area contributed by atoms with Gasteiger partial charge in [-0.2, -0.15) is 0 Å². The molecule has 2 aromatic carbocycles. The van der Waals surface area contributed by atoms with Gasteiger partial charge in [0.2, 0.25) is 6.79 Å². The summed E-state index contributed by atoms with van der Waals surface area (Å²) in [5.41, 5.74) is 2.50. The van der Waals surface area contributed by atoms with Crippen LogP contribution in [0.3, 0.4) is 0 Å². The first-order valence-electron chi connectivity index (χ1n) is 8.28. The highest BCUT2D eigenvalue weighted by Gasteiger charge is 2.17. The van der Waals surface area contributed by atoms with Crippen molar-refractivity contribution in [2.75, 3.05) is 12.1 Å². The Balaban J connectivity index is 1.37. The third-order valence-electron chi connectivity index (χ3n) is 4.21. The van der Waals surface area contributed by atoms with Crippen LogP contribution in [0.2, 0.25) is 0 Å². The molecule has 1 N–H and O–H groups in total. The Morgan fingerprint density at radius 2 is 1.96 bits per heavy atom. The number of benzene rings is 2. The van der Waals surface area contributed by atoms with Gasteiger partial charge in [-0.05, 0) is 42.5 Å². The second-order valence-electron chi connectivity index (χ2n) is 5.96. The summed E-state index contributed by atoms with van der Waals surface area (Å²) in [6, 6.07) is 15.1. The molecule has 1 aliphatic heterocycles. The fourth-order valence-corrected chi connectivity index (χ4v) is 3.70. The summed E-state index contributed by atoms with van der Waals surface area (Å²) in [6.07, 6.45) is 3.33. The van der Waals surface area contributed by atoms with Gasteiger partial charge in [0.25, 0.3) is 5.91 Å². The van der Waals surface area contributed by atoms with E-state index in [-0.39, 0.29) is 12.7 Å². The van der Waals surface area contributed by atoms with Crippen molar-refractivity contribution in [3.63, 3.8) is 0 Å². The van der Waals surface area contributed by atoms with Crippen LogP contribution in [0.4, 0.5) is 5.69 Å². The highest BCUT2D eigenvalue weighted by Crippen LogP contribution is 2.37. The van der Waals surface area contributed by atoms with E-state index in [1.54, 1.807) is 12.4 Å². The van der Waals surface area contributed by atoms with Crippen LogP contribution in [0.1, 0.15) is 9.67 Å². The zero-order chi connectivity index (χ0) is 18.2. The Hall–Kier alpha value is -3.45. The number of ether oxygens (including phenoxy) is 2. The van der Waals surface area contributed by atoms with E-state index >= 15 is 0 Å². The molecular weight excluding hydrogens is 362 g/mol. The molecule has 0 aliphatic carbocycles. The van der Waals surface area contributed by atoms with E-state index in [4.69, 9.17) is 9.47 Å². The van der Waals surface area contributed by atoms with Crippen LogP contribution < -0.4 is 14.8 Å². The lowest BCUT2D eigenvalue weighted by Gasteiger charge is -2.04. The number of carbonyl (C=O) groups excluding carboxylic acids is 1. The number of nitrogens with zero attached hydrogens (tertiary/aromatic N) is 2. The summed E-state index contributed by atoms with van der Waals surface area (Å²) >= 11 is 1.33. The molecule has 5 rings (SSSR count). The fraction of sp³-hybridized carbons (Fsp3) is 0.0500. The second-order valence-corrected chi connectivity index (χ2v) is 6.99. The summed E-state index contributed by atoms with van der Waals surface area (Å²) in [5.74, 6) is 1.22. The van der Waals surface area contributed by atoms with Crippen LogP contribution >= 0.6 is 11.3 Å². The first-order chi connectivity index (χ1) is 13.3. The minimum atomic E-state index is -0.192.